The van der Waals surface area contributed by atoms with Crippen LogP contribution in [-0.2, 0) is 16.0 Å². The minimum atomic E-state index is -0.340. The number of nitrogens with zero attached hydrogens (tertiary/aromatic N) is 3. The van der Waals surface area contributed by atoms with Crippen LogP contribution in [0.2, 0.25) is 0 Å². The third kappa shape index (κ3) is 4.39. The first kappa shape index (κ1) is 23.4. The number of fused-ring (bicyclic) bond motifs is 1. The summed E-state index contributed by atoms with van der Waals surface area (Å²) in [7, 11) is 0. The number of amides is 2. The van der Waals surface area contributed by atoms with Crippen LogP contribution in [0.5, 0.6) is 0 Å². The van der Waals surface area contributed by atoms with E-state index in [0.717, 1.165) is 47.1 Å². The number of hydrogen-bond acceptors (Lipinski definition) is 3. The van der Waals surface area contributed by atoms with Crippen LogP contribution in [-0.4, -0.2) is 33.7 Å². The van der Waals surface area contributed by atoms with Gasteiger partial charge in [0.25, 0.3) is 0 Å². The molecule has 0 radical (unpaired) electrons. The summed E-state index contributed by atoms with van der Waals surface area (Å²) in [5.74, 6) is -0.469. The largest absolute Gasteiger partial charge is 0.350 e. The molecule has 37 heavy (non-hydrogen) atoms. The normalized spacial score (nSPS) is 21.5. The molecule has 1 unspecified atom stereocenters. The standard InChI is InChI=1S/C30H29FN4O2/c1-2-26-28(33-29(36)20-8-9-20)25(16-19-6-4-3-5-7-19)30(37)34(26)24-14-15-27-21(17-24)18-32-35(27)23-12-10-22(31)11-13-23/h3-7,10-15,17-18,20,25-26,28H,2,8-9,16H2,1H3,(H,33,36)/t25?,26-,28+/m1/s1. The molecule has 188 valence electrons. The Morgan fingerprint density at radius 3 is 2.46 bits per heavy atom. The van der Waals surface area contributed by atoms with Crippen molar-refractivity contribution in [1.82, 2.24) is 15.1 Å². The fourth-order valence-corrected chi connectivity index (χ4v) is 5.54. The van der Waals surface area contributed by atoms with E-state index >= 15 is 0 Å². The minimum Gasteiger partial charge on any atom is -0.350 e. The molecule has 3 aromatic carbocycles. The van der Waals surface area contributed by atoms with E-state index in [0.29, 0.717) is 6.42 Å². The molecule has 2 heterocycles. The smallest absolute Gasteiger partial charge is 0.232 e. The van der Waals surface area contributed by atoms with Crippen LogP contribution < -0.4 is 10.2 Å². The van der Waals surface area contributed by atoms with Gasteiger partial charge in [0, 0.05) is 17.0 Å². The summed E-state index contributed by atoms with van der Waals surface area (Å²) in [6, 6.07) is 21.7. The van der Waals surface area contributed by atoms with Crippen LogP contribution in [0.1, 0.15) is 31.7 Å². The number of carbonyl (C=O) groups excluding carboxylic acids is 2. The highest BCUT2D eigenvalue weighted by Crippen LogP contribution is 2.37. The van der Waals surface area contributed by atoms with Crippen LogP contribution in [0, 0.1) is 17.7 Å². The van der Waals surface area contributed by atoms with Gasteiger partial charge in [0.2, 0.25) is 11.8 Å². The van der Waals surface area contributed by atoms with Crippen LogP contribution in [0.4, 0.5) is 10.1 Å². The van der Waals surface area contributed by atoms with Crippen molar-refractivity contribution in [3.63, 3.8) is 0 Å². The van der Waals surface area contributed by atoms with Crippen molar-refractivity contribution >= 4 is 28.4 Å². The highest BCUT2D eigenvalue weighted by Gasteiger charge is 2.49. The Bertz CT molecular complexity index is 1450. The van der Waals surface area contributed by atoms with Crippen LogP contribution in [0.3, 0.4) is 0 Å². The molecule has 6 nitrogen and oxygen atoms in total. The zero-order valence-corrected chi connectivity index (χ0v) is 20.7. The lowest BCUT2D eigenvalue weighted by Crippen LogP contribution is -2.47. The van der Waals surface area contributed by atoms with Gasteiger partial charge in [-0.15, -0.1) is 0 Å². The Balaban J connectivity index is 1.35. The Labute approximate surface area is 215 Å². The molecule has 4 aromatic rings. The van der Waals surface area contributed by atoms with Crippen molar-refractivity contribution in [3.05, 3.63) is 90.4 Å². The second-order valence-electron chi connectivity index (χ2n) is 10.1. The molecule has 1 saturated carbocycles. The summed E-state index contributed by atoms with van der Waals surface area (Å²) in [4.78, 5) is 28.7. The highest BCUT2D eigenvalue weighted by atomic mass is 19.1. The SMILES string of the molecule is CC[C@@H]1[C@@H](NC(=O)C2CC2)C(Cc2ccccc2)C(=O)N1c1ccc2c(cnn2-c2ccc(F)cc2)c1. The van der Waals surface area contributed by atoms with E-state index in [1.165, 1.54) is 12.1 Å². The zero-order chi connectivity index (χ0) is 25.5. The molecule has 1 aliphatic heterocycles. The zero-order valence-electron chi connectivity index (χ0n) is 20.7. The molecular formula is C30H29FN4O2. The molecule has 2 amide bonds. The third-order valence-corrected chi connectivity index (χ3v) is 7.61. The molecule has 2 fully saturated rings. The van der Waals surface area contributed by atoms with E-state index in [4.69, 9.17) is 0 Å². The van der Waals surface area contributed by atoms with Gasteiger partial charge in [-0.1, -0.05) is 37.3 Å². The van der Waals surface area contributed by atoms with Gasteiger partial charge >= 0.3 is 0 Å². The Morgan fingerprint density at radius 2 is 1.76 bits per heavy atom. The first-order valence-electron chi connectivity index (χ1n) is 12.9. The van der Waals surface area contributed by atoms with Crippen molar-refractivity contribution in [1.29, 1.82) is 0 Å². The lowest BCUT2D eigenvalue weighted by molar-refractivity contribution is -0.124. The first-order valence-corrected chi connectivity index (χ1v) is 12.9. The van der Waals surface area contributed by atoms with E-state index in [2.05, 4.69) is 17.3 Å². The van der Waals surface area contributed by atoms with Crippen molar-refractivity contribution in [2.45, 2.75) is 44.7 Å². The number of benzene rings is 3. The number of halogens is 1. The van der Waals surface area contributed by atoms with Gasteiger partial charge in [-0.25, -0.2) is 9.07 Å². The van der Waals surface area contributed by atoms with Crippen LogP contribution in [0.25, 0.3) is 16.6 Å². The highest BCUT2D eigenvalue weighted by molar-refractivity contribution is 6.01. The van der Waals surface area contributed by atoms with E-state index in [-0.39, 0.29) is 41.6 Å². The second kappa shape index (κ2) is 9.47. The molecule has 7 heteroatoms. The summed E-state index contributed by atoms with van der Waals surface area (Å²) in [5, 5.41) is 8.65. The number of carbonyl (C=O) groups is 2. The van der Waals surface area contributed by atoms with Crippen molar-refractivity contribution in [2.24, 2.45) is 11.8 Å². The van der Waals surface area contributed by atoms with Gasteiger partial charge in [0.05, 0.1) is 35.4 Å². The summed E-state index contributed by atoms with van der Waals surface area (Å²) in [5.41, 5.74) is 3.51. The Kier molecular flexibility index (Phi) is 5.99. The number of aromatic nitrogens is 2. The van der Waals surface area contributed by atoms with E-state index in [1.54, 1.807) is 23.0 Å². The van der Waals surface area contributed by atoms with Gasteiger partial charge in [-0.05, 0) is 73.7 Å². The number of hydrogen-bond donors (Lipinski definition) is 1. The topological polar surface area (TPSA) is 67.2 Å². The summed E-state index contributed by atoms with van der Waals surface area (Å²) >= 11 is 0. The molecular weight excluding hydrogens is 467 g/mol. The van der Waals surface area contributed by atoms with Crippen molar-refractivity contribution < 1.29 is 14.0 Å². The van der Waals surface area contributed by atoms with Gasteiger partial charge in [0.1, 0.15) is 5.82 Å². The van der Waals surface area contributed by atoms with Crippen LogP contribution >= 0.6 is 0 Å². The maximum absolute atomic E-state index is 14.0. The lowest BCUT2D eigenvalue weighted by atomic mass is 9.90. The summed E-state index contributed by atoms with van der Waals surface area (Å²) in [6.07, 6.45) is 4.90. The monoisotopic (exact) mass is 496 g/mol. The number of nitrogens with one attached hydrogen (secondary N) is 1. The maximum Gasteiger partial charge on any atom is 0.232 e. The average molecular weight is 497 g/mol. The second-order valence-corrected chi connectivity index (χ2v) is 10.1. The molecule has 2 aliphatic rings. The number of rotatable bonds is 7. The van der Waals surface area contributed by atoms with Gasteiger partial charge in [-0.2, -0.15) is 5.10 Å². The first-order chi connectivity index (χ1) is 18.0. The quantitative estimate of drug-likeness (QED) is 0.390. The van der Waals surface area contributed by atoms with E-state index in [1.807, 2.05) is 53.4 Å². The molecule has 0 bridgehead atoms. The third-order valence-electron chi connectivity index (χ3n) is 7.61. The lowest BCUT2D eigenvalue weighted by Gasteiger charge is -2.28. The Hall–Kier alpha value is -4.00. The predicted molar refractivity (Wildman–Crippen MR) is 141 cm³/mol. The Morgan fingerprint density at radius 1 is 1.03 bits per heavy atom. The van der Waals surface area contributed by atoms with Crippen molar-refractivity contribution in [2.75, 3.05) is 4.90 Å². The van der Waals surface area contributed by atoms with Crippen molar-refractivity contribution in [3.8, 4) is 5.69 Å². The summed E-state index contributed by atoms with van der Waals surface area (Å²) < 4.78 is 15.2. The van der Waals surface area contributed by atoms with Gasteiger partial charge in [0.15, 0.2) is 0 Å². The molecule has 0 spiro atoms. The number of anilines is 1. The fraction of sp³-hybridized carbons (Fsp3) is 0.300. The predicted octanol–water partition coefficient (Wildman–Crippen LogP) is 5.04. The van der Waals surface area contributed by atoms with Gasteiger partial charge in [-0.3, -0.25) is 9.59 Å². The molecule has 1 saturated heterocycles. The molecule has 3 atom stereocenters. The fourth-order valence-electron chi connectivity index (χ4n) is 5.54. The van der Waals surface area contributed by atoms with Crippen LogP contribution in [0.15, 0.2) is 79.0 Å². The minimum absolute atomic E-state index is 0.0297. The van der Waals surface area contributed by atoms with Gasteiger partial charge < -0.3 is 10.2 Å². The van der Waals surface area contributed by atoms with E-state index in [9.17, 15) is 14.0 Å². The maximum atomic E-state index is 14.0. The van der Waals surface area contributed by atoms with E-state index < -0.39 is 0 Å². The molecule has 1 aliphatic carbocycles. The molecule has 1 aromatic heterocycles. The average Bonchev–Trinajstić information content (AvgIpc) is 3.64. The summed E-state index contributed by atoms with van der Waals surface area (Å²) in [6.45, 7) is 2.07. The molecule has 6 rings (SSSR count). The molecule has 1 N–H and O–H groups in total.